The predicted octanol–water partition coefficient (Wildman–Crippen LogP) is 2.95. The molecule has 0 amide bonds. The van der Waals surface area contributed by atoms with Crippen LogP contribution in [0.2, 0.25) is 0 Å². The molecule has 3 rings (SSSR count). The first-order valence-electron chi connectivity index (χ1n) is 6.11. The van der Waals surface area contributed by atoms with Crippen LogP contribution in [-0.4, -0.2) is 15.6 Å². The molecule has 4 nitrogen and oxygen atoms in total. The minimum atomic E-state index is -0.366. The molecule has 0 bridgehead atoms. The third kappa shape index (κ3) is 2.01. The van der Waals surface area contributed by atoms with Crippen molar-refractivity contribution < 1.29 is 9.53 Å². The monoisotopic (exact) mass is 242 g/mol. The van der Waals surface area contributed by atoms with Gasteiger partial charge in [-0.15, -0.1) is 0 Å². The molecule has 1 aromatic carbocycles. The Bertz CT molecular complexity index is 549. The largest absolute Gasteiger partial charge is 0.441 e. The standard InChI is InChI=1S/C14H14N2O2/c17-14(16-9-8-15-10-16)18-13-7-3-5-11-4-1-2-6-12(11)13/h1-2,4,6,8-10,13H,3,5,7H2. The molecular weight excluding hydrogens is 228 g/mol. The van der Waals surface area contributed by atoms with E-state index in [1.54, 1.807) is 12.4 Å². The fourth-order valence-corrected chi connectivity index (χ4v) is 2.38. The van der Waals surface area contributed by atoms with Crippen molar-refractivity contribution in [2.75, 3.05) is 0 Å². The Hall–Kier alpha value is -2.10. The average Bonchev–Trinajstić information content (AvgIpc) is 2.93. The molecule has 1 aliphatic carbocycles. The molecule has 4 heteroatoms. The number of aryl methyl sites for hydroxylation is 1. The van der Waals surface area contributed by atoms with E-state index >= 15 is 0 Å². The Kier molecular flexibility index (Phi) is 2.84. The van der Waals surface area contributed by atoms with Gasteiger partial charge in [-0.1, -0.05) is 24.3 Å². The molecule has 1 unspecified atom stereocenters. The number of hydrogen-bond acceptors (Lipinski definition) is 3. The van der Waals surface area contributed by atoms with Gasteiger partial charge in [0.05, 0.1) is 0 Å². The molecule has 0 spiro atoms. The highest BCUT2D eigenvalue weighted by atomic mass is 16.6. The van der Waals surface area contributed by atoms with E-state index in [0.717, 1.165) is 24.8 Å². The van der Waals surface area contributed by atoms with Gasteiger partial charge >= 0.3 is 6.09 Å². The molecule has 0 saturated heterocycles. The van der Waals surface area contributed by atoms with Crippen LogP contribution in [0.4, 0.5) is 4.79 Å². The predicted molar refractivity (Wildman–Crippen MR) is 66.2 cm³/mol. The van der Waals surface area contributed by atoms with E-state index in [9.17, 15) is 4.79 Å². The van der Waals surface area contributed by atoms with Gasteiger partial charge in [0.15, 0.2) is 0 Å². The summed E-state index contributed by atoms with van der Waals surface area (Å²) in [4.78, 5) is 15.7. The molecule has 0 saturated carbocycles. The van der Waals surface area contributed by atoms with Crippen molar-refractivity contribution in [3.63, 3.8) is 0 Å². The zero-order chi connectivity index (χ0) is 12.4. The third-order valence-electron chi connectivity index (χ3n) is 3.27. The zero-order valence-electron chi connectivity index (χ0n) is 9.95. The van der Waals surface area contributed by atoms with E-state index in [-0.39, 0.29) is 12.2 Å². The van der Waals surface area contributed by atoms with Crippen LogP contribution in [0.3, 0.4) is 0 Å². The lowest BCUT2D eigenvalue weighted by Gasteiger charge is -2.25. The molecule has 1 aromatic heterocycles. The van der Waals surface area contributed by atoms with Crippen molar-refractivity contribution in [1.29, 1.82) is 0 Å². The fourth-order valence-electron chi connectivity index (χ4n) is 2.38. The summed E-state index contributed by atoms with van der Waals surface area (Å²) in [5, 5.41) is 0. The first-order valence-corrected chi connectivity index (χ1v) is 6.11. The molecular formula is C14H14N2O2. The molecule has 0 radical (unpaired) electrons. The second-order valence-corrected chi connectivity index (χ2v) is 4.43. The molecule has 0 aliphatic heterocycles. The Morgan fingerprint density at radius 2 is 2.28 bits per heavy atom. The molecule has 2 aromatic rings. The third-order valence-corrected chi connectivity index (χ3v) is 3.27. The molecule has 1 aliphatic rings. The summed E-state index contributed by atoms with van der Waals surface area (Å²) in [6.45, 7) is 0. The van der Waals surface area contributed by atoms with E-state index in [1.165, 1.54) is 16.5 Å². The van der Waals surface area contributed by atoms with E-state index in [4.69, 9.17) is 4.74 Å². The van der Waals surface area contributed by atoms with Crippen molar-refractivity contribution >= 4 is 6.09 Å². The quantitative estimate of drug-likeness (QED) is 0.772. The summed E-state index contributed by atoms with van der Waals surface area (Å²) in [6.07, 6.45) is 7.12. The maximum absolute atomic E-state index is 11.9. The van der Waals surface area contributed by atoms with Gasteiger partial charge < -0.3 is 4.74 Å². The molecule has 1 heterocycles. The summed E-state index contributed by atoms with van der Waals surface area (Å²) < 4.78 is 6.90. The average molecular weight is 242 g/mol. The molecule has 0 N–H and O–H groups in total. The van der Waals surface area contributed by atoms with E-state index in [1.807, 2.05) is 18.2 Å². The number of aromatic nitrogens is 2. The van der Waals surface area contributed by atoms with Crippen LogP contribution >= 0.6 is 0 Å². The first-order chi connectivity index (χ1) is 8.84. The summed E-state index contributed by atoms with van der Waals surface area (Å²) >= 11 is 0. The summed E-state index contributed by atoms with van der Waals surface area (Å²) in [5.41, 5.74) is 2.42. The number of hydrogen-bond donors (Lipinski definition) is 0. The number of ether oxygens (including phenoxy) is 1. The fraction of sp³-hybridized carbons (Fsp3) is 0.286. The lowest BCUT2D eigenvalue weighted by atomic mass is 9.89. The van der Waals surface area contributed by atoms with Gasteiger partial charge in [0.1, 0.15) is 12.4 Å². The van der Waals surface area contributed by atoms with E-state index in [2.05, 4.69) is 11.1 Å². The van der Waals surface area contributed by atoms with Crippen molar-refractivity contribution in [2.24, 2.45) is 0 Å². The smallest absolute Gasteiger partial charge is 0.419 e. The number of rotatable bonds is 1. The topological polar surface area (TPSA) is 44.1 Å². The Morgan fingerprint density at radius 1 is 1.39 bits per heavy atom. The molecule has 0 fully saturated rings. The Labute approximate surface area is 105 Å². The Balaban J connectivity index is 1.80. The van der Waals surface area contributed by atoms with Gasteiger partial charge in [-0.25, -0.2) is 14.3 Å². The van der Waals surface area contributed by atoms with Crippen LogP contribution in [0.15, 0.2) is 43.0 Å². The van der Waals surface area contributed by atoms with Crippen LogP contribution in [-0.2, 0) is 11.2 Å². The van der Waals surface area contributed by atoms with Crippen molar-refractivity contribution in [1.82, 2.24) is 9.55 Å². The van der Waals surface area contributed by atoms with Crippen LogP contribution in [0.5, 0.6) is 0 Å². The van der Waals surface area contributed by atoms with Crippen LogP contribution < -0.4 is 0 Å². The number of benzene rings is 1. The lowest BCUT2D eigenvalue weighted by Crippen LogP contribution is -2.19. The van der Waals surface area contributed by atoms with Crippen LogP contribution in [0.1, 0.15) is 30.1 Å². The summed E-state index contributed by atoms with van der Waals surface area (Å²) in [7, 11) is 0. The van der Waals surface area contributed by atoms with Gasteiger partial charge in [-0.05, 0) is 30.4 Å². The summed E-state index contributed by atoms with van der Waals surface area (Å²) in [5.74, 6) is 0. The number of carbonyl (C=O) groups excluding carboxylic acids is 1. The van der Waals surface area contributed by atoms with Gasteiger partial charge in [0, 0.05) is 12.4 Å². The van der Waals surface area contributed by atoms with Crippen molar-refractivity contribution in [3.8, 4) is 0 Å². The highest BCUT2D eigenvalue weighted by molar-refractivity contribution is 5.70. The first kappa shape index (κ1) is 11.0. The van der Waals surface area contributed by atoms with Crippen LogP contribution in [0.25, 0.3) is 0 Å². The second-order valence-electron chi connectivity index (χ2n) is 4.43. The van der Waals surface area contributed by atoms with E-state index in [0.29, 0.717) is 0 Å². The maximum atomic E-state index is 11.9. The van der Waals surface area contributed by atoms with Crippen LogP contribution in [0, 0.1) is 0 Å². The maximum Gasteiger partial charge on any atom is 0.419 e. The van der Waals surface area contributed by atoms with E-state index < -0.39 is 0 Å². The SMILES string of the molecule is O=C(OC1CCCc2ccccc21)n1ccnc1. The number of fused-ring (bicyclic) bond motifs is 1. The Morgan fingerprint density at radius 3 is 3.11 bits per heavy atom. The number of nitrogens with zero attached hydrogens (tertiary/aromatic N) is 2. The number of carbonyl (C=O) groups is 1. The zero-order valence-corrected chi connectivity index (χ0v) is 9.95. The minimum Gasteiger partial charge on any atom is -0.441 e. The van der Waals surface area contributed by atoms with Gasteiger partial charge in [0.2, 0.25) is 0 Å². The van der Waals surface area contributed by atoms with Gasteiger partial charge in [-0.3, -0.25) is 0 Å². The lowest BCUT2D eigenvalue weighted by molar-refractivity contribution is 0.0886. The molecule has 1 atom stereocenters. The molecule has 92 valence electrons. The second kappa shape index (κ2) is 4.64. The minimum absolute atomic E-state index is 0.134. The van der Waals surface area contributed by atoms with Crippen molar-refractivity contribution in [3.05, 3.63) is 54.1 Å². The highest BCUT2D eigenvalue weighted by Crippen LogP contribution is 2.32. The normalized spacial score (nSPS) is 18.1. The highest BCUT2D eigenvalue weighted by Gasteiger charge is 2.23. The molecule has 18 heavy (non-hydrogen) atoms. The summed E-state index contributed by atoms with van der Waals surface area (Å²) in [6, 6.07) is 8.16. The van der Waals surface area contributed by atoms with Gasteiger partial charge in [0.25, 0.3) is 0 Å². The van der Waals surface area contributed by atoms with Crippen molar-refractivity contribution in [2.45, 2.75) is 25.4 Å². The number of imidazole rings is 1. The van der Waals surface area contributed by atoms with Gasteiger partial charge in [-0.2, -0.15) is 0 Å².